The number of aromatic nitrogens is 2. The van der Waals surface area contributed by atoms with Crippen LogP contribution in [0.15, 0.2) is 60.1 Å². The minimum absolute atomic E-state index is 0.00132. The first-order valence-corrected chi connectivity index (χ1v) is 12.3. The standard InChI is InChI=1S/C29H28N2O4/c32-22-14-25(33)28(26(34)15-22)29-30-24(16-27(31-29)35-23-7-3-4-8-23)20-10-9-19-11-17-5-1-2-6-18(17)12-21(19)13-20/h1,5,9-14,16,22-23,32-34H,2-4,6-8,15H2. The minimum Gasteiger partial charge on any atom is -0.511 e. The van der Waals surface area contributed by atoms with Crippen molar-refractivity contribution in [2.75, 3.05) is 0 Å². The third-order valence-electron chi connectivity index (χ3n) is 7.09. The first-order valence-electron chi connectivity index (χ1n) is 12.3. The first kappa shape index (κ1) is 21.9. The van der Waals surface area contributed by atoms with Gasteiger partial charge in [-0.2, -0.15) is 4.98 Å². The first-order chi connectivity index (χ1) is 17.0. The fourth-order valence-corrected chi connectivity index (χ4v) is 5.28. The van der Waals surface area contributed by atoms with Crippen LogP contribution in [0.5, 0.6) is 5.88 Å². The molecule has 0 spiro atoms. The SMILES string of the molecule is OC1=CC(O)CC(O)=C1c1nc(OC2CCCC2)cc(-c2ccc3cc4c(cc3c2)CCC=C4)n1. The molecule has 0 saturated heterocycles. The lowest BCUT2D eigenvalue weighted by molar-refractivity contribution is 0.193. The largest absolute Gasteiger partial charge is 0.511 e. The molecule has 0 radical (unpaired) electrons. The third-order valence-corrected chi connectivity index (χ3v) is 7.09. The molecule has 1 aromatic heterocycles. The number of hydrogen-bond donors (Lipinski definition) is 3. The van der Waals surface area contributed by atoms with Crippen molar-refractivity contribution in [3.63, 3.8) is 0 Å². The van der Waals surface area contributed by atoms with Gasteiger partial charge in [-0.15, -0.1) is 0 Å². The zero-order valence-electron chi connectivity index (χ0n) is 19.4. The summed E-state index contributed by atoms with van der Waals surface area (Å²) in [7, 11) is 0. The molecule has 0 amide bonds. The Hall–Kier alpha value is -3.64. The van der Waals surface area contributed by atoms with Crippen molar-refractivity contribution >= 4 is 22.4 Å². The number of benzene rings is 2. The third kappa shape index (κ3) is 4.30. The summed E-state index contributed by atoms with van der Waals surface area (Å²) in [6.07, 6.45) is 11.2. The number of ether oxygens (including phenoxy) is 1. The predicted octanol–water partition coefficient (Wildman–Crippen LogP) is 6.05. The van der Waals surface area contributed by atoms with Gasteiger partial charge in [-0.1, -0.05) is 30.4 Å². The van der Waals surface area contributed by atoms with Crippen LogP contribution in [-0.4, -0.2) is 37.5 Å². The van der Waals surface area contributed by atoms with Crippen molar-refractivity contribution in [2.45, 2.75) is 57.2 Å². The summed E-state index contributed by atoms with van der Waals surface area (Å²) in [6, 6.07) is 12.6. The van der Waals surface area contributed by atoms with Crippen molar-refractivity contribution in [3.8, 4) is 17.1 Å². The van der Waals surface area contributed by atoms with E-state index in [2.05, 4.69) is 41.4 Å². The molecule has 1 unspecified atom stereocenters. The highest BCUT2D eigenvalue weighted by atomic mass is 16.5. The van der Waals surface area contributed by atoms with Gasteiger partial charge >= 0.3 is 0 Å². The second-order valence-corrected chi connectivity index (χ2v) is 9.64. The van der Waals surface area contributed by atoms with Gasteiger partial charge in [0.15, 0.2) is 5.82 Å². The van der Waals surface area contributed by atoms with Gasteiger partial charge in [-0.3, -0.25) is 0 Å². The minimum atomic E-state index is -0.947. The van der Waals surface area contributed by atoms with E-state index in [4.69, 9.17) is 9.72 Å². The van der Waals surface area contributed by atoms with E-state index < -0.39 is 6.10 Å². The molecule has 1 heterocycles. The molecular weight excluding hydrogens is 440 g/mol. The number of aryl methyl sites for hydroxylation is 1. The lowest BCUT2D eigenvalue weighted by atomic mass is 9.93. The van der Waals surface area contributed by atoms with Gasteiger partial charge in [-0.25, -0.2) is 4.98 Å². The van der Waals surface area contributed by atoms with Crippen LogP contribution in [0.4, 0.5) is 0 Å². The van der Waals surface area contributed by atoms with Crippen LogP contribution in [-0.2, 0) is 6.42 Å². The second kappa shape index (κ2) is 8.86. The van der Waals surface area contributed by atoms with Gasteiger partial charge < -0.3 is 20.1 Å². The molecule has 1 saturated carbocycles. The summed E-state index contributed by atoms with van der Waals surface area (Å²) in [6.45, 7) is 0. The number of nitrogens with zero attached hydrogens (tertiary/aromatic N) is 2. The van der Waals surface area contributed by atoms with Crippen LogP contribution in [0.1, 0.15) is 55.5 Å². The molecule has 0 bridgehead atoms. The van der Waals surface area contributed by atoms with E-state index in [1.807, 2.05) is 12.1 Å². The summed E-state index contributed by atoms with van der Waals surface area (Å²) >= 11 is 0. The predicted molar refractivity (Wildman–Crippen MR) is 136 cm³/mol. The van der Waals surface area contributed by atoms with Crippen molar-refractivity contribution < 1.29 is 20.1 Å². The van der Waals surface area contributed by atoms with Crippen molar-refractivity contribution in [1.82, 2.24) is 9.97 Å². The number of fused-ring (bicyclic) bond motifs is 2. The Balaban J connectivity index is 1.46. The van der Waals surface area contributed by atoms with Crippen LogP contribution < -0.4 is 4.74 Å². The van der Waals surface area contributed by atoms with Crippen molar-refractivity contribution in [2.24, 2.45) is 0 Å². The quantitative estimate of drug-likeness (QED) is 0.431. The Morgan fingerprint density at radius 3 is 2.63 bits per heavy atom. The van der Waals surface area contributed by atoms with Gasteiger partial charge in [0.25, 0.3) is 0 Å². The molecular formula is C29H28N2O4. The smallest absolute Gasteiger partial charge is 0.217 e. The molecule has 178 valence electrons. The number of rotatable bonds is 4. The lowest BCUT2D eigenvalue weighted by Gasteiger charge is -2.19. The van der Waals surface area contributed by atoms with E-state index in [1.54, 1.807) is 0 Å². The average Bonchev–Trinajstić information content (AvgIpc) is 3.34. The summed E-state index contributed by atoms with van der Waals surface area (Å²) < 4.78 is 6.21. The summed E-state index contributed by atoms with van der Waals surface area (Å²) in [4.78, 5) is 9.27. The van der Waals surface area contributed by atoms with Gasteiger partial charge in [0, 0.05) is 18.1 Å². The van der Waals surface area contributed by atoms with E-state index in [0.717, 1.165) is 54.9 Å². The molecule has 6 rings (SSSR count). The van der Waals surface area contributed by atoms with E-state index >= 15 is 0 Å². The molecule has 3 aromatic rings. The maximum absolute atomic E-state index is 10.5. The van der Waals surface area contributed by atoms with Crippen LogP contribution in [0.2, 0.25) is 0 Å². The molecule has 1 atom stereocenters. The topological polar surface area (TPSA) is 95.7 Å². The fourth-order valence-electron chi connectivity index (χ4n) is 5.28. The zero-order chi connectivity index (χ0) is 23.9. The van der Waals surface area contributed by atoms with Gasteiger partial charge in [0.1, 0.15) is 17.6 Å². The monoisotopic (exact) mass is 468 g/mol. The molecule has 3 aliphatic rings. The zero-order valence-corrected chi connectivity index (χ0v) is 19.4. The Morgan fingerprint density at radius 2 is 1.80 bits per heavy atom. The molecule has 3 aliphatic carbocycles. The molecule has 0 aliphatic heterocycles. The molecule has 35 heavy (non-hydrogen) atoms. The van der Waals surface area contributed by atoms with Gasteiger partial charge in [0.05, 0.1) is 17.4 Å². The Labute approximate surface area is 203 Å². The van der Waals surface area contributed by atoms with E-state index in [9.17, 15) is 15.3 Å². The molecule has 6 heteroatoms. The molecule has 6 nitrogen and oxygen atoms in total. The normalized spacial score (nSPS) is 20.3. The number of hydrogen-bond acceptors (Lipinski definition) is 6. The highest BCUT2D eigenvalue weighted by Gasteiger charge is 2.26. The summed E-state index contributed by atoms with van der Waals surface area (Å²) in [5.74, 6) is 0.235. The maximum Gasteiger partial charge on any atom is 0.217 e. The highest BCUT2D eigenvalue weighted by molar-refractivity contribution is 5.90. The number of aliphatic hydroxyl groups excluding tert-OH is 3. The number of aliphatic hydroxyl groups is 3. The van der Waals surface area contributed by atoms with Crippen LogP contribution in [0.25, 0.3) is 33.7 Å². The fraction of sp³-hybridized carbons (Fsp3) is 0.310. The van der Waals surface area contributed by atoms with Crippen LogP contribution in [0, 0.1) is 0 Å². The maximum atomic E-state index is 10.5. The van der Waals surface area contributed by atoms with Crippen LogP contribution in [0.3, 0.4) is 0 Å². The molecule has 3 N–H and O–H groups in total. The Morgan fingerprint density at radius 1 is 0.943 bits per heavy atom. The Kier molecular flexibility index (Phi) is 5.53. The van der Waals surface area contributed by atoms with E-state index in [-0.39, 0.29) is 35.4 Å². The molecule has 2 aromatic carbocycles. The average molecular weight is 469 g/mol. The lowest BCUT2D eigenvalue weighted by Crippen LogP contribution is -2.16. The van der Waals surface area contributed by atoms with Gasteiger partial charge in [-0.05, 0) is 78.6 Å². The van der Waals surface area contributed by atoms with E-state index in [0.29, 0.717) is 11.6 Å². The van der Waals surface area contributed by atoms with Gasteiger partial charge in [0.2, 0.25) is 5.88 Å². The van der Waals surface area contributed by atoms with E-state index in [1.165, 1.54) is 17.2 Å². The highest BCUT2D eigenvalue weighted by Crippen LogP contribution is 2.34. The van der Waals surface area contributed by atoms with Crippen molar-refractivity contribution in [1.29, 1.82) is 0 Å². The number of allylic oxidation sites excluding steroid dienone is 2. The second-order valence-electron chi connectivity index (χ2n) is 9.64. The Bertz CT molecular complexity index is 1400. The summed E-state index contributed by atoms with van der Waals surface area (Å²) in [5.41, 5.74) is 4.31. The molecule has 1 fully saturated rings. The van der Waals surface area contributed by atoms with Crippen molar-refractivity contribution in [3.05, 3.63) is 77.0 Å². The van der Waals surface area contributed by atoms with Crippen LogP contribution >= 0.6 is 0 Å². The summed E-state index contributed by atoms with van der Waals surface area (Å²) in [5, 5.41) is 33.2.